The second-order valence-electron chi connectivity index (χ2n) is 7.03. The minimum atomic E-state index is -0.297. The lowest BCUT2D eigenvalue weighted by molar-refractivity contribution is -0.117. The fourth-order valence-electron chi connectivity index (χ4n) is 3.91. The summed E-state index contributed by atoms with van der Waals surface area (Å²) in [5, 5.41) is 0. The fourth-order valence-corrected chi connectivity index (χ4v) is 3.91. The Kier molecular flexibility index (Phi) is 6.52. The number of rotatable bonds is 6. The van der Waals surface area contributed by atoms with E-state index < -0.39 is 0 Å². The van der Waals surface area contributed by atoms with Crippen molar-refractivity contribution in [1.82, 2.24) is 4.90 Å². The number of nitrogens with zero attached hydrogens (tertiary/aromatic N) is 2. The molecule has 1 aliphatic heterocycles. The highest BCUT2D eigenvalue weighted by Gasteiger charge is 2.28. The molecule has 2 aromatic rings. The summed E-state index contributed by atoms with van der Waals surface area (Å²) in [6.45, 7) is 4.08. The maximum Gasteiger partial charge on any atom is 0.224 e. The maximum absolute atomic E-state index is 13.2. The van der Waals surface area contributed by atoms with Gasteiger partial charge in [0.15, 0.2) is 11.5 Å². The second kappa shape index (κ2) is 9.06. The first-order valence-electron chi connectivity index (χ1n) is 9.51. The molecule has 0 spiro atoms. The Hall–Kier alpha value is -2.60. The highest BCUT2D eigenvalue weighted by molar-refractivity contribution is 5.92. The molecule has 0 bridgehead atoms. The van der Waals surface area contributed by atoms with Crippen LogP contribution in [-0.2, 0) is 11.3 Å². The molecular weight excluding hydrogens is 359 g/mol. The van der Waals surface area contributed by atoms with Crippen LogP contribution in [0, 0.1) is 5.82 Å². The van der Waals surface area contributed by atoms with E-state index in [2.05, 4.69) is 4.90 Å². The highest BCUT2D eigenvalue weighted by atomic mass is 19.1. The van der Waals surface area contributed by atoms with E-state index in [0.29, 0.717) is 0 Å². The average molecular weight is 386 g/mol. The van der Waals surface area contributed by atoms with E-state index in [4.69, 9.17) is 9.47 Å². The molecule has 5 nitrogen and oxygen atoms in total. The van der Waals surface area contributed by atoms with E-state index in [9.17, 15) is 9.18 Å². The Bertz CT molecular complexity index is 802. The van der Waals surface area contributed by atoms with Gasteiger partial charge in [0.05, 0.1) is 14.2 Å². The molecule has 0 N–H and O–H groups in total. The van der Waals surface area contributed by atoms with E-state index in [0.717, 1.165) is 55.2 Å². The molecule has 0 radical (unpaired) electrons. The number of halogens is 1. The normalized spacial score (nSPS) is 15.3. The van der Waals surface area contributed by atoms with Crippen LogP contribution in [0.2, 0.25) is 0 Å². The van der Waals surface area contributed by atoms with E-state index in [1.807, 2.05) is 18.2 Å². The average Bonchev–Trinajstić information content (AvgIpc) is 2.70. The Morgan fingerprint density at radius 3 is 2.36 bits per heavy atom. The molecule has 0 unspecified atom stereocenters. The van der Waals surface area contributed by atoms with Crippen molar-refractivity contribution >= 4 is 11.6 Å². The number of methoxy groups -OCH3 is 2. The third-order valence-electron chi connectivity index (χ3n) is 5.24. The zero-order valence-electron chi connectivity index (χ0n) is 16.7. The van der Waals surface area contributed by atoms with Gasteiger partial charge >= 0.3 is 0 Å². The number of anilines is 1. The summed E-state index contributed by atoms with van der Waals surface area (Å²) in [6, 6.07) is 12.2. The van der Waals surface area contributed by atoms with Crippen molar-refractivity contribution in [3.63, 3.8) is 0 Å². The molecule has 0 saturated carbocycles. The van der Waals surface area contributed by atoms with Crippen LogP contribution < -0.4 is 14.4 Å². The van der Waals surface area contributed by atoms with Crippen molar-refractivity contribution in [2.45, 2.75) is 32.4 Å². The molecule has 1 heterocycles. The van der Waals surface area contributed by atoms with Crippen molar-refractivity contribution in [1.29, 1.82) is 0 Å². The first-order chi connectivity index (χ1) is 13.5. The van der Waals surface area contributed by atoms with Crippen molar-refractivity contribution in [2.75, 3.05) is 32.2 Å². The van der Waals surface area contributed by atoms with Gasteiger partial charge in [-0.05, 0) is 43.2 Å². The number of piperidine rings is 1. The van der Waals surface area contributed by atoms with Crippen LogP contribution in [-0.4, -0.2) is 44.2 Å². The monoisotopic (exact) mass is 386 g/mol. The maximum atomic E-state index is 13.2. The zero-order chi connectivity index (χ0) is 20.1. The summed E-state index contributed by atoms with van der Waals surface area (Å²) in [4.78, 5) is 16.4. The van der Waals surface area contributed by atoms with Gasteiger partial charge in [0.2, 0.25) is 5.91 Å². The summed E-state index contributed by atoms with van der Waals surface area (Å²) in [5.74, 6) is 1.19. The topological polar surface area (TPSA) is 42.0 Å². The highest BCUT2D eigenvalue weighted by Crippen LogP contribution is 2.32. The van der Waals surface area contributed by atoms with Gasteiger partial charge < -0.3 is 14.4 Å². The standard InChI is InChI=1S/C22H27FN2O3/c1-16(26)25(19-9-7-18(23)8-10-19)20-11-13-24(14-12-20)15-17-5-4-6-21(27-2)22(17)28-3/h4-10,20H,11-15H2,1-3H3. The van der Waals surface area contributed by atoms with Gasteiger partial charge in [-0.1, -0.05) is 12.1 Å². The zero-order valence-corrected chi connectivity index (χ0v) is 16.7. The van der Waals surface area contributed by atoms with E-state index in [-0.39, 0.29) is 17.8 Å². The van der Waals surface area contributed by atoms with Crippen LogP contribution in [0.1, 0.15) is 25.3 Å². The van der Waals surface area contributed by atoms with Gasteiger partial charge in [-0.2, -0.15) is 0 Å². The molecule has 1 saturated heterocycles. The molecule has 28 heavy (non-hydrogen) atoms. The third-order valence-corrected chi connectivity index (χ3v) is 5.24. The van der Waals surface area contributed by atoms with Gasteiger partial charge in [0.1, 0.15) is 5.82 Å². The Morgan fingerprint density at radius 2 is 1.79 bits per heavy atom. The number of para-hydroxylation sites is 1. The second-order valence-corrected chi connectivity index (χ2v) is 7.03. The quantitative estimate of drug-likeness (QED) is 0.756. The van der Waals surface area contributed by atoms with Crippen LogP contribution in [0.3, 0.4) is 0 Å². The van der Waals surface area contributed by atoms with Crippen molar-refractivity contribution in [3.05, 3.63) is 53.8 Å². The van der Waals surface area contributed by atoms with Crippen LogP contribution in [0.5, 0.6) is 11.5 Å². The van der Waals surface area contributed by atoms with Gasteiger partial charge in [-0.3, -0.25) is 9.69 Å². The van der Waals surface area contributed by atoms with Crippen LogP contribution in [0.15, 0.2) is 42.5 Å². The molecule has 1 fully saturated rings. The first kappa shape index (κ1) is 20.1. The van der Waals surface area contributed by atoms with E-state index in [1.165, 1.54) is 12.1 Å². The van der Waals surface area contributed by atoms with Crippen molar-refractivity contribution < 1.29 is 18.7 Å². The molecule has 6 heteroatoms. The molecule has 2 aromatic carbocycles. The molecule has 1 amide bonds. The van der Waals surface area contributed by atoms with Gasteiger partial charge in [-0.15, -0.1) is 0 Å². The summed E-state index contributed by atoms with van der Waals surface area (Å²) >= 11 is 0. The summed E-state index contributed by atoms with van der Waals surface area (Å²) < 4.78 is 24.2. The van der Waals surface area contributed by atoms with Gasteiger partial charge in [0.25, 0.3) is 0 Å². The fraction of sp³-hybridized carbons (Fsp3) is 0.409. The third kappa shape index (κ3) is 4.44. The smallest absolute Gasteiger partial charge is 0.224 e. The van der Waals surface area contributed by atoms with Crippen LogP contribution >= 0.6 is 0 Å². The molecule has 3 rings (SSSR count). The lowest BCUT2D eigenvalue weighted by atomic mass is 10.0. The van der Waals surface area contributed by atoms with E-state index >= 15 is 0 Å². The molecule has 0 aliphatic carbocycles. The van der Waals surface area contributed by atoms with E-state index in [1.54, 1.807) is 38.2 Å². The SMILES string of the molecule is COc1cccc(CN2CCC(N(C(C)=O)c3ccc(F)cc3)CC2)c1OC. The largest absolute Gasteiger partial charge is 0.493 e. The Balaban J connectivity index is 1.67. The van der Waals surface area contributed by atoms with Gasteiger partial charge in [0, 0.05) is 43.9 Å². The Morgan fingerprint density at radius 1 is 1.11 bits per heavy atom. The molecular formula is C22H27FN2O3. The predicted molar refractivity (Wildman–Crippen MR) is 107 cm³/mol. The van der Waals surface area contributed by atoms with Crippen molar-refractivity contribution in [3.8, 4) is 11.5 Å². The number of amides is 1. The number of ether oxygens (including phenoxy) is 2. The lowest BCUT2D eigenvalue weighted by Gasteiger charge is -2.38. The van der Waals surface area contributed by atoms with Gasteiger partial charge in [-0.25, -0.2) is 4.39 Å². The summed E-state index contributed by atoms with van der Waals surface area (Å²) in [7, 11) is 3.29. The molecule has 1 aliphatic rings. The number of carbonyl (C=O) groups excluding carboxylic acids is 1. The van der Waals surface area contributed by atoms with Crippen LogP contribution in [0.25, 0.3) is 0 Å². The number of hydrogen-bond acceptors (Lipinski definition) is 4. The number of likely N-dealkylation sites (tertiary alicyclic amines) is 1. The lowest BCUT2D eigenvalue weighted by Crippen LogP contribution is -2.46. The number of carbonyl (C=O) groups is 1. The number of hydrogen-bond donors (Lipinski definition) is 0. The minimum absolute atomic E-state index is 0.0143. The minimum Gasteiger partial charge on any atom is -0.493 e. The first-order valence-corrected chi connectivity index (χ1v) is 9.51. The summed E-state index contributed by atoms with van der Waals surface area (Å²) in [6.07, 6.45) is 1.73. The van der Waals surface area contributed by atoms with Crippen LogP contribution in [0.4, 0.5) is 10.1 Å². The Labute approximate surface area is 165 Å². The summed E-state index contributed by atoms with van der Waals surface area (Å²) in [5.41, 5.74) is 1.84. The molecule has 150 valence electrons. The number of benzene rings is 2. The molecule has 0 atom stereocenters. The molecule has 0 aromatic heterocycles. The van der Waals surface area contributed by atoms with Crippen molar-refractivity contribution in [2.24, 2.45) is 0 Å². The predicted octanol–water partition coefficient (Wildman–Crippen LogP) is 3.86.